The molecule has 3 N–H and O–H groups in total. The van der Waals surface area contributed by atoms with Gasteiger partial charge in [-0.15, -0.1) is 23.5 Å². The maximum Gasteiger partial charge on any atom is 0.235 e. The van der Waals surface area contributed by atoms with Crippen LogP contribution in [-0.2, 0) is 4.79 Å². The summed E-state index contributed by atoms with van der Waals surface area (Å²) in [6, 6.07) is 0. The standard InChI is InChI=1S/C14H24FN3OS3/c15-10-5-3-9(4-6-10)8-21-14-17-13(22-18-14)16-12(19)11-2-1-7-20-11/h9-11,13-14,17-18H,1-8H2,(H,16,19). The van der Waals surface area contributed by atoms with Gasteiger partial charge in [-0.2, -0.15) is 0 Å². The number of nitrogens with one attached hydrogen (secondary N) is 3. The summed E-state index contributed by atoms with van der Waals surface area (Å²) >= 11 is 5.13. The van der Waals surface area contributed by atoms with Crippen molar-refractivity contribution >= 4 is 41.4 Å². The number of carbonyl (C=O) groups is 1. The van der Waals surface area contributed by atoms with Crippen LogP contribution in [0.15, 0.2) is 0 Å². The zero-order chi connectivity index (χ0) is 15.4. The van der Waals surface area contributed by atoms with E-state index in [-0.39, 0.29) is 22.2 Å². The van der Waals surface area contributed by atoms with E-state index >= 15 is 0 Å². The Hall–Kier alpha value is 0.370. The minimum atomic E-state index is -0.576. The van der Waals surface area contributed by atoms with Gasteiger partial charge in [-0.3, -0.25) is 10.1 Å². The Labute approximate surface area is 144 Å². The summed E-state index contributed by atoms with van der Waals surface area (Å²) in [4.78, 5) is 12.1. The Morgan fingerprint density at radius 2 is 2.09 bits per heavy atom. The van der Waals surface area contributed by atoms with Crippen molar-refractivity contribution < 1.29 is 9.18 Å². The monoisotopic (exact) mass is 365 g/mol. The van der Waals surface area contributed by atoms with E-state index in [2.05, 4.69) is 15.4 Å². The molecule has 0 aromatic heterocycles. The fraction of sp³-hybridized carbons (Fsp3) is 0.929. The lowest BCUT2D eigenvalue weighted by molar-refractivity contribution is -0.120. The van der Waals surface area contributed by atoms with E-state index in [0.717, 1.165) is 50.0 Å². The van der Waals surface area contributed by atoms with E-state index in [9.17, 15) is 9.18 Å². The first-order valence-electron chi connectivity index (χ1n) is 8.05. The Balaban J connectivity index is 1.32. The number of hydrogen-bond acceptors (Lipinski definition) is 6. The molecule has 3 fully saturated rings. The van der Waals surface area contributed by atoms with Crippen LogP contribution in [0.3, 0.4) is 0 Å². The molecule has 2 saturated heterocycles. The van der Waals surface area contributed by atoms with Crippen LogP contribution in [0.25, 0.3) is 0 Å². The van der Waals surface area contributed by atoms with Crippen LogP contribution in [-0.4, -0.2) is 39.8 Å². The Kier molecular flexibility index (Phi) is 6.62. The Morgan fingerprint density at radius 1 is 1.27 bits per heavy atom. The SMILES string of the molecule is O=C(NC1NC(SCC2CCC(F)CC2)NS1)C1CCCS1. The molecule has 1 amide bonds. The van der Waals surface area contributed by atoms with Gasteiger partial charge in [-0.25, -0.2) is 9.11 Å². The molecule has 1 saturated carbocycles. The van der Waals surface area contributed by atoms with Crippen molar-refractivity contribution in [3.8, 4) is 0 Å². The highest BCUT2D eigenvalue weighted by Gasteiger charge is 2.30. The lowest BCUT2D eigenvalue weighted by atomic mass is 9.90. The first-order chi connectivity index (χ1) is 10.7. The second-order valence-electron chi connectivity index (χ2n) is 6.12. The highest BCUT2D eigenvalue weighted by Crippen LogP contribution is 2.31. The summed E-state index contributed by atoms with van der Waals surface area (Å²) in [5, 5.41) is 6.58. The fourth-order valence-corrected chi connectivity index (χ4v) is 6.45. The zero-order valence-corrected chi connectivity index (χ0v) is 15.0. The molecule has 126 valence electrons. The van der Waals surface area contributed by atoms with Gasteiger partial charge >= 0.3 is 0 Å². The van der Waals surface area contributed by atoms with E-state index < -0.39 is 6.17 Å². The van der Waals surface area contributed by atoms with Gasteiger partial charge in [0.25, 0.3) is 0 Å². The molecule has 2 heterocycles. The summed E-state index contributed by atoms with van der Waals surface area (Å²) in [6.07, 6.45) is 5.03. The number of thioether (sulfide) groups is 2. The van der Waals surface area contributed by atoms with E-state index in [1.807, 2.05) is 11.8 Å². The summed E-state index contributed by atoms with van der Waals surface area (Å²) in [5.41, 5.74) is 0.113. The van der Waals surface area contributed by atoms with Gasteiger partial charge in [0, 0.05) is 0 Å². The number of rotatable bonds is 5. The Morgan fingerprint density at radius 3 is 2.82 bits per heavy atom. The molecule has 3 rings (SSSR count). The van der Waals surface area contributed by atoms with Crippen LogP contribution in [0.4, 0.5) is 4.39 Å². The van der Waals surface area contributed by atoms with Crippen LogP contribution in [0.2, 0.25) is 0 Å². The zero-order valence-electron chi connectivity index (χ0n) is 12.6. The van der Waals surface area contributed by atoms with E-state index in [1.165, 1.54) is 0 Å². The van der Waals surface area contributed by atoms with Gasteiger partial charge in [0.05, 0.1) is 5.25 Å². The molecule has 0 aromatic rings. The highest BCUT2D eigenvalue weighted by molar-refractivity contribution is 8.03. The molecular formula is C14H24FN3OS3. The van der Waals surface area contributed by atoms with Crippen molar-refractivity contribution in [1.82, 2.24) is 15.4 Å². The van der Waals surface area contributed by atoms with E-state index in [0.29, 0.717) is 5.92 Å². The lowest BCUT2D eigenvalue weighted by Crippen LogP contribution is -2.45. The average molecular weight is 366 g/mol. The first kappa shape index (κ1) is 17.2. The molecule has 4 nitrogen and oxygen atoms in total. The van der Waals surface area contributed by atoms with Crippen LogP contribution < -0.4 is 15.4 Å². The molecule has 0 spiro atoms. The normalized spacial score (nSPS) is 39.0. The molecule has 3 atom stereocenters. The van der Waals surface area contributed by atoms with Gasteiger partial charge < -0.3 is 5.32 Å². The number of alkyl halides is 1. The minimum Gasteiger partial charge on any atom is -0.330 e. The molecule has 1 aliphatic carbocycles. The fourth-order valence-electron chi connectivity index (χ4n) is 3.02. The highest BCUT2D eigenvalue weighted by atomic mass is 32.2. The molecule has 3 unspecified atom stereocenters. The smallest absolute Gasteiger partial charge is 0.235 e. The molecule has 0 aromatic carbocycles. The van der Waals surface area contributed by atoms with E-state index in [4.69, 9.17) is 0 Å². The third-order valence-corrected chi connectivity index (χ3v) is 8.00. The predicted octanol–water partition coefficient (Wildman–Crippen LogP) is 2.67. The number of hydrogen-bond donors (Lipinski definition) is 3. The van der Waals surface area contributed by atoms with Gasteiger partial charge in [0.1, 0.15) is 17.2 Å². The predicted molar refractivity (Wildman–Crippen MR) is 94.4 cm³/mol. The molecule has 3 aliphatic rings. The average Bonchev–Trinajstić information content (AvgIpc) is 3.18. The summed E-state index contributed by atoms with van der Waals surface area (Å²) in [7, 11) is 0. The third kappa shape index (κ3) is 4.93. The van der Waals surface area contributed by atoms with Gasteiger partial charge in [0.2, 0.25) is 5.91 Å². The van der Waals surface area contributed by atoms with Crippen molar-refractivity contribution in [1.29, 1.82) is 0 Å². The maximum absolute atomic E-state index is 13.1. The Bertz CT molecular complexity index is 376. The van der Waals surface area contributed by atoms with Gasteiger partial charge in [-0.05, 0) is 67.9 Å². The molecular weight excluding hydrogens is 341 g/mol. The second-order valence-corrected chi connectivity index (χ2v) is 9.52. The third-order valence-electron chi connectivity index (χ3n) is 4.37. The summed E-state index contributed by atoms with van der Waals surface area (Å²) in [5.74, 6) is 2.94. The summed E-state index contributed by atoms with van der Waals surface area (Å²) in [6.45, 7) is 0. The lowest BCUT2D eigenvalue weighted by Gasteiger charge is -2.24. The molecule has 0 radical (unpaired) electrons. The number of carbonyl (C=O) groups excluding carboxylic acids is 1. The molecule has 2 aliphatic heterocycles. The van der Waals surface area contributed by atoms with Crippen molar-refractivity contribution in [2.75, 3.05) is 11.5 Å². The topological polar surface area (TPSA) is 53.2 Å². The van der Waals surface area contributed by atoms with Crippen molar-refractivity contribution in [2.24, 2.45) is 5.92 Å². The minimum absolute atomic E-state index is 0.0484. The van der Waals surface area contributed by atoms with Crippen LogP contribution in [0.1, 0.15) is 38.5 Å². The van der Waals surface area contributed by atoms with Crippen molar-refractivity contribution in [3.63, 3.8) is 0 Å². The molecule has 22 heavy (non-hydrogen) atoms. The van der Waals surface area contributed by atoms with Crippen LogP contribution >= 0.6 is 35.5 Å². The second kappa shape index (κ2) is 8.46. The van der Waals surface area contributed by atoms with Crippen LogP contribution in [0.5, 0.6) is 0 Å². The summed E-state index contributed by atoms with van der Waals surface area (Å²) < 4.78 is 16.4. The largest absolute Gasteiger partial charge is 0.330 e. The first-order valence-corrected chi connectivity index (χ1v) is 11.0. The van der Waals surface area contributed by atoms with E-state index in [1.54, 1.807) is 23.7 Å². The van der Waals surface area contributed by atoms with Crippen LogP contribution in [0, 0.1) is 5.92 Å². The maximum atomic E-state index is 13.1. The molecule has 8 heteroatoms. The number of amides is 1. The number of halogens is 1. The quantitative estimate of drug-likeness (QED) is 0.651. The molecule has 0 bridgehead atoms. The van der Waals surface area contributed by atoms with Crippen molar-refractivity contribution in [3.05, 3.63) is 0 Å². The van der Waals surface area contributed by atoms with Gasteiger partial charge in [-0.1, -0.05) is 0 Å². The van der Waals surface area contributed by atoms with Gasteiger partial charge in [0.15, 0.2) is 0 Å². The van der Waals surface area contributed by atoms with Crippen molar-refractivity contribution in [2.45, 2.75) is 60.9 Å².